The van der Waals surface area contributed by atoms with Crippen molar-refractivity contribution in [2.45, 2.75) is 9.33 Å². The molecule has 0 fully saturated rings. The van der Waals surface area contributed by atoms with Crippen LogP contribution in [0.15, 0.2) is 73.5 Å². The van der Waals surface area contributed by atoms with Gasteiger partial charge >= 0.3 is 0 Å². The minimum Gasteiger partial charge on any atom is -0.497 e. The van der Waals surface area contributed by atoms with Gasteiger partial charge < -0.3 is 4.74 Å². The van der Waals surface area contributed by atoms with Crippen LogP contribution in [0.2, 0.25) is 0 Å². The maximum Gasteiger partial charge on any atom is 0.272 e. The van der Waals surface area contributed by atoms with Gasteiger partial charge in [-0.3, -0.25) is 0 Å². The molecule has 0 spiro atoms. The van der Waals surface area contributed by atoms with Crippen LogP contribution in [0, 0.1) is 0 Å². The van der Waals surface area contributed by atoms with Crippen LogP contribution in [-0.2, 0) is 4.99 Å². The van der Waals surface area contributed by atoms with Crippen molar-refractivity contribution in [2.24, 2.45) is 20.7 Å². The van der Waals surface area contributed by atoms with Gasteiger partial charge in [0, 0.05) is 5.56 Å². The molecule has 1 aromatic heterocycles. The molecular formula is C15H11N5OS2. The van der Waals surface area contributed by atoms with Gasteiger partial charge in [0.25, 0.3) is 4.99 Å². The van der Waals surface area contributed by atoms with Crippen LogP contribution >= 0.6 is 23.1 Å². The fourth-order valence-electron chi connectivity index (χ4n) is 2.22. The van der Waals surface area contributed by atoms with Gasteiger partial charge in [-0.25, -0.2) is 4.98 Å². The fraction of sp³-hybridized carbons (Fsp3) is 0.133. The molecule has 0 saturated heterocycles. The first-order valence-corrected chi connectivity index (χ1v) is 8.46. The Kier molecular flexibility index (Phi) is 3.55. The molecule has 0 radical (unpaired) electrons. The number of methoxy groups -OCH3 is 1. The summed E-state index contributed by atoms with van der Waals surface area (Å²) < 4.78 is 7.21. The van der Waals surface area contributed by atoms with Crippen LogP contribution in [0.1, 0.15) is 5.56 Å². The Morgan fingerprint density at radius 3 is 2.43 bits per heavy atom. The topological polar surface area (TPSA) is 71.6 Å². The standard InChI is InChI=1S/C15H11N5OS2/c1-21-11-8-6-10(7-9-11)15(17-19-20-18-15)23-14-16-12-4-2-3-5-13(12)22-14/h2-9H,1H3. The van der Waals surface area contributed by atoms with Crippen molar-refractivity contribution in [1.29, 1.82) is 0 Å². The number of rotatable bonds is 4. The number of hydrogen-bond donors (Lipinski definition) is 0. The number of ether oxygens (including phenoxy) is 1. The Bertz CT molecular complexity index is 859. The number of benzene rings is 2. The minimum atomic E-state index is -0.917. The lowest BCUT2D eigenvalue weighted by Gasteiger charge is -2.18. The second-order valence-corrected chi connectivity index (χ2v) is 7.21. The third-order valence-electron chi connectivity index (χ3n) is 3.37. The van der Waals surface area contributed by atoms with Crippen molar-refractivity contribution in [3.63, 3.8) is 0 Å². The number of fused-ring (bicyclic) bond motifs is 1. The molecule has 0 bridgehead atoms. The molecule has 1 aliphatic heterocycles. The first kappa shape index (κ1) is 14.3. The van der Waals surface area contributed by atoms with Gasteiger partial charge in [-0.05, 0) is 58.6 Å². The van der Waals surface area contributed by atoms with Gasteiger partial charge in [0.1, 0.15) is 5.75 Å². The number of para-hydroxylation sites is 1. The van der Waals surface area contributed by atoms with E-state index in [-0.39, 0.29) is 0 Å². The molecule has 2 heterocycles. The SMILES string of the molecule is COc1ccc(C2(Sc3nc4ccccc4s3)N=NN=N2)cc1. The lowest BCUT2D eigenvalue weighted by atomic mass is 10.2. The zero-order valence-electron chi connectivity index (χ0n) is 12.1. The highest BCUT2D eigenvalue weighted by Crippen LogP contribution is 2.48. The highest BCUT2D eigenvalue weighted by Gasteiger charge is 2.38. The Labute approximate surface area is 140 Å². The zero-order valence-corrected chi connectivity index (χ0v) is 13.7. The lowest BCUT2D eigenvalue weighted by molar-refractivity contribution is 0.414. The molecule has 0 N–H and O–H groups in total. The average Bonchev–Trinajstić information content (AvgIpc) is 3.22. The third-order valence-corrected chi connectivity index (χ3v) is 5.65. The minimum absolute atomic E-state index is 0.778. The molecule has 0 saturated carbocycles. The summed E-state index contributed by atoms with van der Waals surface area (Å²) in [6.45, 7) is 0. The molecule has 114 valence electrons. The van der Waals surface area contributed by atoms with Crippen LogP contribution in [0.5, 0.6) is 5.75 Å². The van der Waals surface area contributed by atoms with E-state index in [4.69, 9.17) is 4.74 Å². The third kappa shape index (κ3) is 2.60. The summed E-state index contributed by atoms with van der Waals surface area (Å²) in [5.41, 5.74) is 1.85. The Balaban J connectivity index is 1.72. The van der Waals surface area contributed by atoms with Crippen LogP contribution in [0.3, 0.4) is 0 Å². The summed E-state index contributed by atoms with van der Waals surface area (Å²) in [7, 11) is 1.63. The van der Waals surface area contributed by atoms with E-state index in [2.05, 4.69) is 31.7 Å². The molecule has 0 atom stereocenters. The molecule has 2 aromatic carbocycles. The fourth-order valence-corrected chi connectivity index (χ4v) is 4.50. The van der Waals surface area contributed by atoms with Gasteiger partial charge in [0.2, 0.25) is 0 Å². The van der Waals surface area contributed by atoms with Crippen LogP contribution < -0.4 is 4.74 Å². The maximum atomic E-state index is 5.20. The van der Waals surface area contributed by atoms with E-state index in [1.54, 1.807) is 18.4 Å². The molecule has 4 rings (SSSR count). The van der Waals surface area contributed by atoms with Crippen LogP contribution in [0.4, 0.5) is 0 Å². The van der Waals surface area contributed by atoms with Crippen LogP contribution in [-0.4, -0.2) is 12.1 Å². The molecule has 6 nitrogen and oxygen atoms in total. The van der Waals surface area contributed by atoms with Crippen molar-refractivity contribution in [3.05, 3.63) is 54.1 Å². The van der Waals surface area contributed by atoms with E-state index in [1.165, 1.54) is 11.8 Å². The first-order valence-electron chi connectivity index (χ1n) is 6.82. The summed E-state index contributed by atoms with van der Waals surface area (Å²) in [4.78, 5) is 3.72. The summed E-state index contributed by atoms with van der Waals surface area (Å²) in [6.07, 6.45) is 0. The summed E-state index contributed by atoms with van der Waals surface area (Å²) in [6, 6.07) is 15.6. The van der Waals surface area contributed by atoms with E-state index >= 15 is 0 Å². The Hall–Kier alpha value is -2.32. The van der Waals surface area contributed by atoms with Crippen molar-refractivity contribution in [1.82, 2.24) is 4.98 Å². The second kappa shape index (κ2) is 5.71. The maximum absolute atomic E-state index is 5.20. The summed E-state index contributed by atoms with van der Waals surface area (Å²) in [5, 5.41) is 15.9. The molecule has 0 amide bonds. The van der Waals surface area contributed by atoms with Crippen molar-refractivity contribution >= 4 is 33.3 Å². The van der Waals surface area contributed by atoms with E-state index in [9.17, 15) is 0 Å². The molecule has 0 unspecified atom stereocenters. The predicted octanol–water partition coefficient (Wildman–Crippen LogP) is 5.04. The average molecular weight is 341 g/mol. The first-order chi connectivity index (χ1) is 11.3. The van der Waals surface area contributed by atoms with Gasteiger partial charge in [-0.15, -0.1) is 21.6 Å². The van der Waals surface area contributed by atoms with Crippen LogP contribution in [0.25, 0.3) is 10.2 Å². The van der Waals surface area contributed by atoms with Gasteiger partial charge in [0.05, 0.1) is 17.3 Å². The molecule has 1 aliphatic rings. The highest BCUT2D eigenvalue weighted by atomic mass is 32.2. The monoisotopic (exact) mass is 341 g/mol. The Morgan fingerprint density at radius 2 is 1.74 bits per heavy atom. The molecule has 3 aromatic rings. The van der Waals surface area contributed by atoms with Crippen molar-refractivity contribution in [3.8, 4) is 5.75 Å². The van der Waals surface area contributed by atoms with Gasteiger partial charge in [-0.1, -0.05) is 12.1 Å². The van der Waals surface area contributed by atoms with E-state index < -0.39 is 4.99 Å². The second-order valence-electron chi connectivity index (χ2n) is 4.77. The zero-order chi connectivity index (χ0) is 15.7. The van der Waals surface area contributed by atoms with E-state index in [1.807, 2.05) is 42.5 Å². The highest BCUT2D eigenvalue weighted by molar-refractivity contribution is 8.02. The van der Waals surface area contributed by atoms with Crippen molar-refractivity contribution < 1.29 is 4.74 Å². The smallest absolute Gasteiger partial charge is 0.272 e. The number of aromatic nitrogens is 1. The predicted molar refractivity (Wildman–Crippen MR) is 89.9 cm³/mol. The summed E-state index contributed by atoms with van der Waals surface area (Å²) in [5.74, 6) is 0.778. The molecule has 0 aliphatic carbocycles. The quantitative estimate of drug-likeness (QED) is 0.667. The van der Waals surface area contributed by atoms with Crippen molar-refractivity contribution in [2.75, 3.05) is 7.11 Å². The largest absolute Gasteiger partial charge is 0.497 e. The molecular weight excluding hydrogens is 330 g/mol. The van der Waals surface area contributed by atoms with Gasteiger partial charge in [0.15, 0.2) is 4.34 Å². The molecule has 23 heavy (non-hydrogen) atoms. The summed E-state index contributed by atoms with van der Waals surface area (Å²) >= 11 is 3.05. The van der Waals surface area contributed by atoms with E-state index in [0.29, 0.717) is 0 Å². The van der Waals surface area contributed by atoms with E-state index in [0.717, 1.165) is 25.9 Å². The number of hydrogen-bond acceptors (Lipinski definition) is 8. The Morgan fingerprint density at radius 1 is 1.00 bits per heavy atom. The van der Waals surface area contributed by atoms with Gasteiger partial charge in [-0.2, -0.15) is 0 Å². The number of nitrogens with zero attached hydrogens (tertiary/aromatic N) is 5. The molecule has 8 heteroatoms. The number of thiazole rings is 1. The normalized spacial score (nSPS) is 15.3. The lowest BCUT2D eigenvalue weighted by Crippen LogP contribution is -2.13. The number of thioether (sulfide) groups is 1.